The van der Waals surface area contributed by atoms with Crippen LogP contribution in [0.2, 0.25) is 0 Å². The molecule has 0 bridgehead atoms. The maximum Gasteiger partial charge on any atom is 0.240 e. The summed E-state index contributed by atoms with van der Waals surface area (Å²) >= 11 is 1.52. The van der Waals surface area contributed by atoms with E-state index in [1.165, 1.54) is 11.3 Å². The van der Waals surface area contributed by atoms with Crippen molar-refractivity contribution in [3.8, 4) is 0 Å². The van der Waals surface area contributed by atoms with Crippen molar-refractivity contribution < 1.29 is 4.79 Å². The Balaban J connectivity index is 0.00000176. The summed E-state index contributed by atoms with van der Waals surface area (Å²) in [6.07, 6.45) is 2.20. The zero-order chi connectivity index (χ0) is 14.7. The number of piperidine rings is 1. The monoisotopic (exact) mass is 340 g/mol. The van der Waals surface area contributed by atoms with Gasteiger partial charge in [-0.3, -0.25) is 9.69 Å². The Bertz CT molecular complexity index is 592. The summed E-state index contributed by atoms with van der Waals surface area (Å²) in [5, 5.41) is 6.90. The maximum atomic E-state index is 12.1. The minimum Gasteiger partial charge on any atom is -0.317 e. The van der Waals surface area contributed by atoms with E-state index in [1.54, 1.807) is 0 Å². The lowest BCUT2D eigenvalue weighted by Crippen LogP contribution is -2.44. The number of fused-ring (bicyclic) bond motifs is 1. The summed E-state index contributed by atoms with van der Waals surface area (Å²) < 4.78 is 1.10. The number of hydrogen-bond donors (Lipinski definition) is 2. The van der Waals surface area contributed by atoms with Crippen molar-refractivity contribution in [3.63, 3.8) is 0 Å². The normalized spacial score (nSPS) is 16.4. The Morgan fingerprint density at radius 3 is 2.77 bits per heavy atom. The number of halogens is 1. The first-order chi connectivity index (χ1) is 10.2. The molecule has 1 aliphatic rings. The number of amides is 1. The Morgan fingerprint density at radius 1 is 1.36 bits per heavy atom. The molecule has 120 valence electrons. The average Bonchev–Trinajstić information content (AvgIpc) is 2.90. The molecular weight excluding hydrogens is 320 g/mol. The second kappa shape index (κ2) is 7.87. The molecule has 1 aromatic heterocycles. The summed E-state index contributed by atoms with van der Waals surface area (Å²) in [5.74, 6) is 0.0250. The van der Waals surface area contributed by atoms with Crippen LogP contribution in [0.3, 0.4) is 0 Å². The van der Waals surface area contributed by atoms with Crippen LogP contribution in [-0.4, -0.2) is 48.5 Å². The number of anilines is 1. The smallest absolute Gasteiger partial charge is 0.240 e. The number of nitrogens with one attached hydrogen (secondary N) is 2. The first-order valence-electron chi connectivity index (χ1n) is 7.29. The van der Waals surface area contributed by atoms with Gasteiger partial charge in [0.1, 0.15) is 0 Å². The summed E-state index contributed by atoms with van der Waals surface area (Å²) in [4.78, 5) is 18.7. The third-order valence-electron chi connectivity index (χ3n) is 3.90. The van der Waals surface area contributed by atoms with E-state index in [9.17, 15) is 4.79 Å². The summed E-state index contributed by atoms with van der Waals surface area (Å²) in [5.41, 5.74) is 0.938. The summed E-state index contributed by atoms with van der Waals surface area (Å²) in [7, 11) is 2.00. The van der Waals surface area contributed by atoms with E-state index < -0.39 is 0 Å². The van der Waals surface area contributed by atoms with Gasteiger partial charge in [-0.05, 0) is 32.0 Å². The molecule has 1 aromatic carbocycles. The molecule has 7 heteroatoms. The Kier molecular flexibility index (Phi) is 6.14. The van der Waals surface area contributed by atoms with E-state index >= 15 is 0 Å². The van der Waals surface area contributed by atoms with Gasteiger partial charge in [-0.25, -0.2) is 4.98 Å². The largest absolute Gasteiger partial charge is 0.317 e. The molecule has 2 N–H and O–H groups in total. The summed E-state index contributed by atoms with van der Waals surface area (Å²) in [6, 6.07) is 8.51. The molecule has 3 rings (SSSR count). The van der Waals surface area contributed by atoms with Crippen LogP contribution in [-0.2, 0) is 4.79 Å². The molecule has 1 saturated heterocycles. The minimum absolute atomic E-state index is 0. The van der Waals surface area contributed by atoms with Crippen molar-refractivity contribution in [2.75, 3.05) is 32.0 Å². The minimum atomic E-state index is 0. The number of para-hydroxylation sites is 1. The number of carbonyl (C=O) groups is 1. The number of benzene rings is 1. The first kappa shape index (κ1) is 17.1. The van der Waals surface area contributed by atoms with Crippen LogP contribution in [0.5, 0.6) is 0 Å². The topological polar surface area (TPSA) is 57.3 Å². The second-order valence-corrected chi connectivity index (χ2v) is 6.40. The molecule has 0 radical (unpaired) electrons. The predicted octanol–water partition coefficient (Wildman–Crippen LogP) is 2.34. The highest BCUT2D eigenvalue weighted by atomic mass is 35.5. The van der Waals surface area contributed by atoms with Crippen molar-refractivity contribution >= 4 is 45.0 Å². The highest BCUT2D eigenvalue weighted by Gasteiger charge is 2.19. The molecule has 1 fully saturated rings. The van der Waals surface area contributed by atoms with Crippen LogP contribution in [0.1, 0.15) is 12.8 Å². The SMILES string of the molecule is CNC1CCN(CC(=O)Nc2nc3ccccc3s2)CC1.Cl. The number of thiazole rings is 1. The van der Waals surface area contributed by atoms with Gasteiger partial charge in [-0.1, -0.05) is 23.5 Å². The molecule has 0 unspecified atom stereocenters. The zero-order valence-electron chi connectivity index (χ0n) is 12.5. The van der Waals surface area contributed by atoms with Gasteiger partial charge in [0, 0.05) is 19.1 Å². The van der Waals surface area contributed by atoms with E-state index in [0.717, 1.165) is 36.1 Å². The maximum absolute atomic E-state index is 12.1. The highest BCUT2D eigenvalue weighted by molar-refractivity contribution is 7.22. The van der Waals surface area contributed by atoms with E-state index in [1.807, 2.05) is 31.3 Å². The van der Waals surface area contributed by atoms with Crippen LogP contribution < -0.4 is 10.6 Å². The van der Waals surface area contributed by atoms with Crippen molar-refractivity contribution in [3.05, 3.63) is 24.3 Å². The molecule has 0 spiro atoms. The fourth-order valence-electron chi connectivity index (χ4n) is 2.67. The van der Waals surface area contributed by atoms with Gasteiger partial charge in [0.25, 0.3) is 0 Å². The molecule has 0 aliphatic carbocycles. The third-order valence-corrected chi connectivity index (χ3v) is 4.86. The van der Waals surface area contributed by atoms with Crippen LogP contribution in [0.25, 0.3) is 10.2 Å². The lowest BCUT2D eigenvalue weighted by Gasteiger charge is -2.30. The van der Waals surface area contributed by atoms with E-state index in [4.69, 9.17) is 0 Å². The number of likely N-dealkylation sites (tertiary alicyclic amines) is 1. The molecule has 5 nitrogen and oxygen atoms in total. The number of carbonyl (C=O) groups excluding carboxylic acids is 1. The molecule has 2 heterocycles. The lowest BCUT2D eigenvalue weighted by atomic mass is 10.1. The lowest BCUT2D eigenvalue weighted by molar-refractivity contribution is -0.117. The number of aromatic nitrogens is 1. The second-order valence-electron chi connectivity index (χ2n) is 5.37. The summed E-state index contributed by atoms with van der Waals surface area (Å²) in [6.45, 7) is 2.39. The van der Waals surface area contributed by atoms with Crippen molar-refractivity contribution in [2.45, 2.75) is 18.9 Å². The van der Waals surface area contributed by atoms with Gasteiger partial charge in [0.15, 0.2) is 5.13 Å². The van der Waals surface area contributed by atoms with Crippen LogP contribution >= 0.6 is 23.7 Å². The first-order valence-corrected chi connectivity index (χ1v) is 8.11. The average molecular weight is 341 g/mol. The Hall–Kier alpha value is -1.21. The fourth-order valence-corrected chi connectivity index (χ4v) is 3.55. The van der Waals surface area contributed by atoms with Gasteiger partial charge < -0.3 is 10.6 Å². The highest BCUT2D eigenvalue weighted by Crippen LogP contribution is 2.25. The third kappa shape index (κ3) is 4.16. The van der Waals surface area contributed by atoms with Gasteiger partial charge in [-0.15, -0.1) is 12.4 Å². The van der Waals surface area contributed by atoms with Crippen LogP contribution in [0, 0.1) is 0 Å². The molecule has 1 aliphatic heterocycles. The molecule has 2 aromatic rings. The quantitative estimate of drug-likeness (QED) is 0.897. The van der Waals surface area contributed by atoms with Crippen molar-refractivity contribution in [1.82, 2.24) is 15.2 Å². The van der Waals surface area contributed by atoms with E-state index in [-0.39, 0.29) is 18.3 Å². The van der Waals surface area contributed by atoms with Crippen LogP contribution in [0.15, 0.2) is 24.3 Å². The fraction of sp³-hybridized carbons (Fsp3) is 0.467. The number of rotatable bonds is 4. The van der Waals surface area contributed by atoms with Crippen molar-refractivity contribution in [2.24, 2.45) is 0 Å². The standard InChI is InChI=1S/C15H20N4OS.ClH/c1-16-11-6-8-19(9-7-11)10-14(20)18-15-17-12-4-2-3-5-13(12)21-15;/h2-5,11,16H,6-10H2,1H3,(H,17,18,20);1H. The van der Waals surface area contributed by atoms with Gasteiger partial charge in [-0.2, -0.15) is 0 Å². The Morgan fingerprint density at radius 2 is 2.09 bits per heavy atom. The molecule has 22 heavy (non-hydrogen) atoms. The Labute approximate surface area is 140 Å². The van der Waals surface area contributed by atoms with E-state index in [0.29, 0.717) is 17.7 Å². The van der Waals surface area contributed by atoms with Crippen LogP contribution in [0.4, 0.5) is 5.13 Å². The number of nitrogens with zero attached hydrogens (tertiary/aromatic N) is 2. The van der Waals surface area contributed by atoms with Gasteiger partial charge in [0.2, 0.25) is 5.91 Å². The molecule has 1 amide bonds. The molecule has 0 saturated carbocycles. The molecule has 0 atom stereocenters. The van der Waals surface area contributed by atoms with Gasteiger partial charge in [0.05, 0.1) is 16.8 Å². The predicted molar refractivity (Wildman–Crippen MR) is 94.0 cm³/mol. The number of hydrogen-bond acceptors (Lipinski definition) is 5. The molecular formula is C15H21ClN4OS. The van der Waals surface area contributed by atoms with Crippen molar-refractivity contribution in [1.29, 1.82) is 0 Å². The zero-order valence-corrected chi connectivity index (χ0v) is 14.2. The van der Waals surface area contributed by atoms with E-state index in [2.05, 4.69) is 20.5 Å². The van der Waals surface area contributed by atoms with Gasteiger partial charge >= 0.3 is 0 Å².